The molecule has 1 saturated heterocycles. The van der Waals surface area contributed by atoms with Crippen LogP contribution in [0.1, 0.15) is 17.3 Å². The van der Waals surface area contributed by atoms with Crippen LogP contribution < -0.4 is 5.63 Å². The molecule has 3 rings (SSSR count). The average Bonchev–Trinajstić information content (AvgIpc) is 2.53. The molecule has 1 aromatic heterocycles. The molecular weight excluding hydrogens is 284 g/mol. The number of piperazine rings is 1. The first kappa shape index (κ1) is 14.3. The summed E-state index contributed by atoms with van der Waals surface area (Å²) in [5.41, 5.74) is -0.127. The smallest absolute Gasteiger partial charge is 0.349 e. The van der Waals surface area contributed by atoms with Gasteiger partial charge in [-0.05, 0) is 12.1 Å². The lowest BCUT2D eigenvalue weighted by atomic mass is 10.1. The lowest BCUT2D eigenvalue weighted by Crippen LogP contribution is -2.50. The molecule has 2 heterocycles. The number of para-hydroxylation sites is 1. The van der Waals surface area contributed by atoms with Crippen LogP contribution in [0.2, 0.25) is 0 Å². The van der Waals surface area contributed by atoms with Gasteiger partial charge in [0.25, 0.3) is 5.91 Å². The summed E-state index contributed by atoms with van der Waals surface area (Å²) in [6, 6.07) is 8.65. The van der Waals surface area contributed by atoms with Crippen molar-refractivity contribution >= 4 is 22.8 Å². The van der Waals surface area contributed by atoms with Crippen LogP contribution in [0.15, 0.2) is 39.5 Å². The van der Waals surface area contributed by atoms with Gasteiger partial charge in [-0.3, -0.25) is 9.59 Å². The van der Waals surface area contributed by atoms with Gasteiger partial charge in [0.05, 0.1) is 0 Å². The summed E-state index contributed by atoms with van der Waals surface area (Å²) < 4.78 is 5.20. The number of rotatable bonds is 1. The van der Waals surface area contributed by atoms with Crippen molar-refractivity contribution < 1.29 is 14.0 Å². The Morgan fingerprint density at radius 3 is 2.36 bits per heavy atom. The van der Waals surface area contributed by atoms with E-state index in [1.54, 1.807) is 34.1 Å². The lowest BCUT2D eigenvalue weighted by molar-refractivity contribution is -0.130. The van der Waals surface area contributed by atoms with E-state index in [0.29, 0.717) is 37.1 Å². The van der Waals surface area contributed by atoms with Gasteiger partial charge in [-0.1, -0.05) is 18.2 Å². The van der Waals surface area contributed by atoms with E-state index in [4.69, 9.17) is 4.42 Å². The molecule has 0 saturated carbocycles. The fraction of sp³-hybridized carbons (Fsp3) is 0.312. The number of hydrogen-bond donors (Lipinski definition) is 0. The molecule has 0 spiro atoms. The van der Waals surface area contributed by atoms with E-state index < -0.39 is 5.63 Å². The molecule has 6 heteroatoms. The highest BCUT2D eigenvalue weighted by atomic mass is 16.4. The van der Waals surface area contributed by atoms with Gasteiger partial charge in [0.2, 0.25) is 5.91 Å². The molecule has 2 amide bonds. The summed E-state index contributed by atoms with van der Waals surface area (Å²) >= 11 is 0. The van der Waals surface area contributed by atoms with E-state index in [9.17, 15) is 14.4 Å². The van der Waals surface area contributed by atoms with E-state index in [-0.39, 0.29) is 17.4 Å². The summed E-state index contributed by atoms with van der Waals surface area (Å²) in [5, 5.41) is 0.716. The van der Waals surface area contributed by atoms with Gasteiger partial charge in [0.1, 0.15) is 11.1 Å². The van der Waals surface area contributed by atoms with Crippen LogP contribution in [-0.4, -0.2) is 47.8 Å². The highest BCUT2D eigenvalue weighted by molar-refractivity contribution is 5.96. The zero-order valence-electron chi connectivity index (χ0n) is 12.2. The van der Waals surface area contributed by atoms with Crippen molar-refractivity contribution in [2.45, 2.75) is 6.92 Å². The highest BCUT2D eigenvalue weighted by Crippen LogP contribution is 2.14. The van der Waals surface area contributed by atoms with E-state index in [0.717, 1.165) is 0 Å². The second-order valence-corrected chi connectivity index (χ2v) is 5.28. The Balaban J connectivity index is 1.85. The molecule has 22 heavy (non-hydrogen) atoms. The van der Waals surface area contributed by atoms with Gasteiger partial charge in [-0.15, -0.1) is 0 Å². The predicted molar refractivity (Wildman–Crippen MR) is 80.6 cm³/mol. The summed E-state index contributed by atoms with van der Waals surface area (Å²) in [6.07, 6.45) is 0. The third-order valence-electron chi connectivity index (χ3n) is 3.88. The minimum absolute atomic E-state index is 0.00248. The largest absolute Gasteiger partial charge is 0.422 e. The summed E-state index contributed by atoms with van der Waals surface area (Å²) in [6.45, 7) is 3.32. The third-order valence-corrected chi connectivity index (χ3v) is 3.88. The van der Waals surface area contributed by atoms with Gasteiger partial charge >= 0.3 is 5.63 Å². The van der Waals surface area contributed by atoms with E-state index >= 15 is 0 Å². The first-order valence-corrected chi connectivity index (χ1v) is 7.14. The molecule has 1 aliphatic heterocycles. The Morgan fingerprint density at radius 1 is 1.05 bits per heavy atom. The molecule has 0 atom stereocenters. The Bertz CT molecular complexity index is 788. The molecular formula is C16H16N2O4. The monoisotopic (exact) mass is 300 g/mol. The number of amides is 2. The van der Waals surface area contributed by atoms with Crippen molar-refractivity contribution in [3.63, 3.8) is 0 Å². The summed E-state index contributed by atoms with van der Waals surface area (Å²) in [4.78, 5) is 39.1. The van der Waals surface area contributed by atoms with Crippen molar-refractivity contribution in [3.05, 3.63) is 46.3 Å². The molecule has 1 aliphatic rings. The van der Waals surface area contributed by atoms with Crippen LogP contribution in [0, 0.1) is 0 Å². The van der Waals surface area contributed by atoms with Crippen molar-refractivity contribution in [1.29, 1.82) is 0 Å². The Hall–Kier alpha value is -2.63. The van der Waals surface area contributed by atoms with Gasteiger partial charge in [0.15, 0.2) is 0 Å². The van der Waals surface area contributed by atoms with Crippen LogP contribution in [0.5, 0.6) is 0 Å². The molecule has 0 radical (unpaired) electrons. The predicted octanol–water partition coefficient (Wildman–Crippen LogP) is 1.10. The molecule has 1 aromatic carbocycles. The fourth-order valence-corrected chi connectivity index (χ4v) is 2.61. The first-order chi connectivity index (χ1) is 10.6. The van der Waals surface area contributed by atoms with Crippen molar-refractivity contribution in [1.82, 2.24) is 9.80 Å². The van der Waals surface area contributed by atoms with Gasteiger partial charge < -0.3 is 14.2 Å². The average molecular weight is 300 g/mol. The fourth-order valence-electron chi connectivity index (χ4n) is 2.61. The van der Waals surface area contributed by atoms with Crippen LogP contribution in [0.3, 0.4) is 0 Å². The topological polar surface area (TPSA) is 70.8 Å². The first-order valence-electron chi connectivity index (χ1n) is 7.14. The zero-order chi connectivity index (χ0) is 15.7. The molecule has 0 aliphatic carbocycles. The Labute approximate surface area is 126 Å². The molecule has 0 N–H and O–H groups in total. The SMILES string of the molecule is CC(=O)N1CCN(C(=O)c2cc3ccccc3oc2=O)CC1. The van der Waals surface area contributed by atoms with E-state index in [2.05, 4.69) is 0 Å². The molecule has 2 aromatic rings. The van der Waals surface area contributed by atoms with Crippen molar-refractivity contribution in [2.75, 3.05) is 26.2 Å². The van der Waals surface area contributed by atoms with Crippen LogP contribution in [0.4, 0.5) is 0 Å². The van der Waals surface area contributed by atoms with Crippen LogP contribution >= 0.6 is 0 Å². The van der Waals surface area contributed by atoms with Crippen molar-refractivity contribution in [2.24, 2.45) is 0 Å². The quantitative estimate of drug-likeness (QED) is 0.739. The third kappa shape index (κ3) is 2.59. The van der Waals surface area contributed by atoms with Gasteiger partial charge in [0, 0.05) is 38.5 Å². The van der Waals surface area contributed by atoms with E-state index in [1.165, 1.54) is 6.92 Å². The van der Waals surface area contributed by atoms with Crippen LogP contribution in [-0.2, 0) is 4.79 Å². The zero-order valence-corrected chi connectivity index (χ0v) is 12.2. The molecule has 6 nitrogen and oxygen atoms in total. The van der Waals surface area contributed by atoms with E-state index in [1.807, 2.05) is 6.07 Å². The number of nitrogens with zero attached hydrogens (tertiary/aromatic N) is 2. The Kier molecular flexibility index (Phi) is 3.66. The molecule has 0 unspecified atom stereocenters. The normalized spacial score (nSPS) is 15.1. The standard InChI is InChI=1S/C16H16N2O4/c1-11(19)17-6-8-18(9-7-17)15(20)13-10-12-4-2-3-5-14(12)22-16(13)21/h2-5,10H,6-9H2,1H3. The lowest BCUT2D eigenvalue weighted by Gasteiger charge is -2.34. The Morgan fingerprint density at radius 2 is 1.68 bits per heavy atom. The van der Waals surface area contributed by atoms with Gasteiger partial charge in [-0.25, -0.2) is 4.79 Å². The maximum Gasteiger partial charge on any atom is 0.349 e. The summed E-state index contributed by atoms with van der Waals surface area (Å²) in [5.74, 6) is -0.347. The second kappa shape index (κ2) is 5.63. The number of hydrogen-bond acceptors (Lipinski definition) is 4. The maximum absolute atomic E-state index is 12.5. The maximum atomic E-state index is 12.5. The highest BCUT2D eigenvalue weighted by Gasteiger charge is 2.25. The second-order valence-electron chi connectivity index (χ2n) is 5.28. The minimum Gasteiger partial charge on any atom is -0.422 e. The molecule has 0 bridgehead atoms. The number of fused-ring (bicyclic) bond motifs is 1. The van der Waals surface area contributed by atoms with Crippen LogP contribution in [0.25, 0.3) is 11.0 Å². The number of carbonyl (C=O) groups is 2. The number of carbonyl (C=O) groups excluding carboxylic acids is 2. The van der Waals surface area contributed by atoms with Crippen molar-refractivity contribution in [3.8, 4) is 0 Å². The molecule has 1 fully saturated rings. The number of benzene rings is 1. The minimum atomic E-state index is -0.627. The summed E-state index contributed by atoms with van der Waals surface area (Å²) in [7, 11) is 0. The molecule has 114 valence electrons. The van der Waals surface area contributed by atoms with Gasteiger partial charge in [-0.2, -0.15) is 0 Å².